The summed E-state index contributed by atoms with van der Waals surface area (Å²) in [5.41, 5.74) is -0.216. The van der Waals surface area contributed by atoms with Gasteiger partial charge in [0.15, 0.2) is 0 Å². The van der Waals surface area contributed by atoms with Crippen molar-refractivity contribution in [3.05, 3.63) is 0 Å². The highest BCUT2D eigenvalue weighted by Crippen LogP contribution is 2.32. The van der Waals surface area contributed by atoms with Gasteiger partial charge in [0, 0.05) is 5.54 Å². The van der Waals surface area contributed by atoms with E-state index in [-0.39, 0.29) is 11.5 Å². The van der Waals surface area contributed by atoms with Crippen molar-refractivity contribution in [1.82, 2.24) is 5.32 Å². The van der Waals surface area contributed by atoms with Crippen molar-refractivity contribution in [3.63, 3.8) is 0 Å². The summed E-state index contributed by atoms with van der Waals surface area (Å²) in [5.74, 6) is -0.533. The number of rotatable bonds is 2. The summed E-state index contributed by atoms with van der Waals surface area (Å²) in [7, 11) is 0. The fourth-order valence-corrected chi connectivity index (χ4v) is 1.90. The van der Waals surface area contributed by atoms with Crippen molar-refractivity contribution in [3.8, 4) is 0 Å². The van der Waals surface area contributed by atoms with E-state index in [0.29, 0.717) is 5.92 Å². The van der Waals surface area contributed by atoms with Crippen LogP contribution in [0.4, 0.5) is 0 Å². The summed E-state index contributed by atoms with van der Waals surface area (Å²) in [6, 6.07) is 0. The third-order valence-electron chi connectivity index (χ3n) is 3.16. The molecule has 0 bridgehead atoms. The quantitative estimate of drug-likeness (QED) is 0.654. The van der Waals surface area contributed by atoms with E-state index in [9.17, 15) is 4.79 Å². The summed E-state index contributed by atoms with van der Waals surface area (Å²) < 4.78 is 0. The molecule has 1 fully saturated rings. The molecule has 12 heavy (non-hydrogen) atoms. The van der Waals surface area contributed by atoms with Crippen molar-refractivity contribution in [2.75, 3.05) is 6.54 Å². The highest BCUT2D eigenvalue weighted by atomic mass is 16.4. The second kappa shape index (κ2) is 3.05. The van der Waals surface area contributed by atoms with Gasteiger partial charge in [0.1, 0.15) is 0 Å². The van der Waals surface area contributed by atoms with E-state index in [1.807, 2.05) is 6.92 Å². The number of hydrogen-bond acceptors (Lipinski definition) is 2. The molecule has 3 heteroatoms. The first-order valence-corrected chi connectivity index (χ1v) is 4.46. The fourth-order valence-electron chi connectivity index (χ4n) is 1.90. The van der Waals surface area contributed by atoms with Crippen LogP contribution in [0.25, 0.3) is 0 Å². The van der Waals surface area contributed by atoms with Crippen LogP contribution in [0.2, 0.25) is 0 Å². The standard InChI is InChI=1S/C9H17NO2/c1-6(2)9(3)7(8(11)12)4-5-10-9/h6-7,10H,4-5H2,1-3H3,(H,11,12). The van der Waals surface area contributed by atoms with Gasteiger partial charge in [-0.1, -0.05) is 13.8 Å². The lowest BCUT2D eigenvalue weighted by Gasteiger charge is -2.33. The first-order chi connectivity index (χ1) is 5.48. The summed E-state index contributed by atoms with van der Waals surface area (Å²) in [6.07, 6.45) is 0.754. The molecular weight excluding hydrogens is 154 g/mol. The molecule has 2 atom stereocenters. The van der Waals surface area contributed by atoms with Crippen molar-refractivity contribution in [1.29, 1.82) is 0 Å². The third-order valence-corrected chi connectivity index (χ3v) is 3.16. The Labute approximate surface area is 73.2 Å². The lowest BCUT2D eigenvalue weighted by Crippen LogP contribution is -2.49. The van der Waals surface area contributed by atoms with Crippen LogP contribution in [0.3, 0.4) is 0 Å². The van der Waals surface area contributed by atoms with Gasteiger partial charge in [-0.2, -0.15) is 0 Å². The molecule has 1 saturated heterocycles. The Morgan fingerprint density at radius 1 is 1.67 bits per heavy atom. The van der Waals surface area contributed by atoms with Crippen LogP contribution < -0.4 is 5.32 Å². The maximum absolute atomic E-state index is 10.9. The van der Waals surface area contributed by atoms with Gasteiger partial charge in [0.2, 0.25) is 0 Å². The Bertz CT molecular complexity index is 191. The molecule has 3 nitrogen and oxygen atoms in total. The summed E-state index contributed by atoms with van der Waals surface area (Å²) >= 11 is 0. The van der Waals surface area contributed by atoms with Crippen LogP contribution in [0.15, 0.2) is 0 Å². The molecule has 1 aliphatic heterocycles. The van der Waals surface area contributed by atoms with Crippen molar-refractivity contribution < 1.29 is 9.90 Å². The monoisotopic (exact) mass is 171 g/mol. The summed E-state index contributed by atoms with van der Waals surface area (Å²) in [4.78, 5) is 10.9. The van der Waals surface area contributed by atoms with Crippen LogP contribution in [0, 0.1) is 11.8 Å². The molecule has 0 spiro atoms. The maximum Gasteiger partial charge on any atom is 0.308 e. The van der Waals surface area contributed by atoms with Crippen LogP contribution in [-0.2, 0) is 4.79 Å². The highest BCUT2D eigenvalue weighted by Gasteiger charge is 2.44. The summed E-state index contributed by atoms with van der Waals surface area (Å²) in [5, 5.41) is 12.2. The van der Waals surface area contributed by atoms with Crippen LogP contribution in [-0.4, -0.2) is 23.2 Å². The first-order valence-electron chi connectivity index (χ1n) is 4.46. The van der Waals surface area contributed by atoms with Gasteiger partial charge in [-0.3, -0.25) is 4.79 Å². The van der Waals surface area contributed by atoms with E-state index in [1.165, 1.54) is 0 Å². The molecule has 70 valence electrons. The molecule has 1 aliphatic rings. The average Bonchev–Trinajstić information content (AvgIpc) is 2.32. The number of carbonyl (C=O) groups is 1. The number of nitrogens with one attached hydrogen (secondary N) is 1. The van der Waals surface area contributed by atoms with Gasteiger partial charge in [-0.15, -0.1) is 0 Å². The summed E-state index contributed by atoms with van der Waals surface area (Å²) in [6.45, 7) is 6.96. The zero-order valence-corrected chi connectivity index (χ0v) is 7.92. The fraction of sp³-hybridized carbons (Fsp3) is 0.889. The van der Waals surface area contributed by atoms with Crippen molar-refractivity contribution in [2.45, 2.75) is 32.7 Å². The highest BCUT2D eigenvalue weighted by molar-refractivity contribution is 5.72. The van der Waals surface area contributed by atoms with Crippen LogP contribution in [0.1, 0.15) is 27.2 Å². The molecular formula is C9H17NO2. The molecule has 0 saturated carbocycles. The van der Waals surface area contributed by atoms with Gasteiger partial charge in [0.05, 0.1) is 5.92 Å². The Morgan fingerprint density at radius 3 is 2.58 bits per heavy atom. The van der Waals surface area contributed by atoms with E-state index in [4.69, 9.17) is 5.11 Å². The minimum absolute atomic E-state index is 0.216. The van der Waals surface area contributed by atoms with Gasteiger partial charge >= 0.3 is 5.97 Å². The topological polar surface area (TPSA) is 49.3 Å². The van der Waals surface area contributed by atoms with E-state index >= 15 is 0 Å². The second-order valence-electron chi connectivity index (χ2n) is 4.04. The molecule has 0 radical (unpaired) electrons. The molecule has 0 aliphatic carbocycles. The van der Waals surface area contributed by atoms with Crippen molar-refractivity contribution in [2.24, 2.45) is 11.8 Å². The zero-order valence-electron chi connectivity index (χ0n) is 7.92. The molecule has 0 aromatic rings. The Balaban J connectivity index is 2.81. The molecule has 0 aromatic carbocycles. The molecule has 2 N–H and O–H groups in total. The van der Waals surface area contributed by atoms with E-state index in [0.717, 1.165) is 13.0 Å². The molecule has 0 amide bonds. The SMILES string of the molecule is CC(C)C1(C)NCCC1C(=O)O. The number of carboxylic acids is 1. The average molecular weight is 171 g/mol. The van der Waals surface area contributed by atoms with E-state index in [1.54, 1.807) is 0 Å². The van der Waals surface area contributed by atoms with Crippen LogP contribution >= 0.6 is 0 Å². The van der Waals surface area contributed by atoms with Gasteiger partial charge in [-0.05, 0) is 25.8 Å². The molecule has 1 heterocycles. The number of aliphatic carboxylic acids is 1. The first kappa shape index (κ1) is 9.52. The van der Waals surface area contributed by atoms with Crippen LogP contribution in [0.5, 0.6) is 0 Å². The van der Waals surface area contributed by atoms with E-state index < -0.39 is 5.97 Å². The van der Waals surface area contributed by atoms with Crippen molar-refractivity contribution >= 4 is 5.97 Å². The lowest BCUT2D eigenvalue weighted by atomic mass is 9.78. The zero-order chi connectivity index (χ0) is 9.35. The maximum atomic E-state index is 10.9. The Morgan fingerprint density at radius 2 is 2.25 bits per heavy atom. The molecule has 0 aromatic heterocycles. The van der Waals surface area contributed by atoms with Gasteiger partial charge < -0.3 is 10.4 Å². The smallest absolute Gasteiger partial charge is 0.308 e. The van der Waals surface area contributed by atoms with Gasteiger partial charge in [0.25, 0.3) is 0 Å². The third kappa shape index (κ3) is 1.33. The van der Waals surface area contributed by atoms with Gasteiger partial charge in [-0.25, -0.2) is 0 Å². The molecule has 1 rings (SSSR count). The Hall–Kier alpha value is -0.570. The normalized spacial score (nSPS) is 35.8. The molecule has 2 unspecified atom stereocenters. The number of carboxylic acid groups (broad SMARTS) is 1. The minimum Gasteiger partial charge on any atom is -0.481 e. The predicted molar refractivity (Wildman–Crippen MR) is 47.0 cm³/mol. The van der Waals surface area contributed by atoms with E-state index in [2.05, 4.69) is 19.2 Å². The number of hydrogen-bond donors (Lipinski definition) is 2. The second-order valence-corrected chi connectivity index (χ2v) is 4.04. The largest absolute Gasteiger partial charge is 0.481 e. The lowest BCUT2D eigenvalue weighted by molar-refractivity contribution is -0.144. The minimum atomic E-state index is -0.670. The predicted octanol–water partition coefficient (Wildman–Crippen LogP) is 1.10. The Kier molecular flexibility index (Phi) is 2.42.